The molecule has 8 nitrogen and oxygen atoms in total. The zero-order chi connectivity index (χ0) is 29.1. The number of Topliss-reactive ketones (excluding diaryl/α,β-unsaturated/α-hetero) is 1. The van der Waals surface area contributed by atoms with Crippen LogP contribution in [-0.4, -0.2) is 46.0 Å². The Morgan fingerprint density at radius 3 is 1.93 bits per heavy atom. The van der Waals surface area contributed by atoms with Crippen molar-refractivity contribution >= 4 is 41.1 Å². The van der Waals surface area contributed by atoms with Gasteiger partial charge in [0.2, 0.25) is 0 Å². The number of ketones is 1. The molecule has 2 bridgehead atoms. The summed E-state index contributed by atoms with van der Waals surface area (Å²) in [6.07, 6.45) is 5.12. The number of benzene rings is 3. The molecule has 5 aliphatic rings. The lowest BCUT2D eigenvalue weighted by molar-refractivity contribution is -0.154. The monoisotopic (exact) mass is 580 g/mol. The maximum Gasteiger partial charge on any atom is 0.343 e. The number of allylic oxidation sites excluding steroid dienone is 2. The molecule has 0 spiro atoms. The number of carbonyl (C=O) groups is 5. The Bertz CT molecular complexity index is 1620. The van der Waals surface area contributed by atoms with E-state index in [2.05, 4.69) is 12.2 Å². The van der Waals surface area contributed by atoms with Crippen molar-refractivity contribution in [2.45, 2.75) is 6.42 Å². The molecule has 8 rings (SSSR count). The van der Waals surface area contributed by atoms with Gasteiger partial charge >= 0.3 is 5.97 Å². The Morgan fingerprint density at radius 2 is 1.33 bits per heavy atom. The lowest BCUT2D eigenvalue weighted by Gasteiger charge is -2.37. The third kappa shape index (κ3) is 4.34. The van der Waals surface area contributed by atoms with E-state index in [0.29, 0.717) is 22.4 Å². The van der Waals surface area contributed by atoms with Crippen LogP contribution in [0.2, 0.25) is 5.02 Å². The fraction of sp³-hybridized carbons (Fsp3) is 0.242. The number of halogens is 1. The van der Waals surface area contributed by atoms with Crippen LogP contribution >= 0.6 is 11.6 Å². The van der Waals surface area contributed by atoms with Crippen molar-refractivity contribution < 1.29 is 28.7 Å². The fourth-order valence-electron chi connectivity index (χ4n) is 6.83. The van der Waals surface area contributed by atoms with Crippen molar-refractivity contribution in [2.75, 3.05) is 6.54 Å². The van der Waals surface area contributed by atoms with Gasteiger partial charge in [0.05, 0.1) is 17.4 Å². The normalized spacial score (nSPS) is 26.5. The predicted molar refractivity (Wildman–Crippen MR) is 151 cm³/mol. The highest BCUT2D eigenvalue weighted by Crippen LogP contribution is 2.65. The first-order chi connectivity index (χ1) is 20.3. The van der Waals surface area contributed by atoms with E-state index in [1.807, 2.05) is 0 Å². The molecule has 6 atom stereocenters. The van der Waals surface area contributed by atoms with Crippen LogP contribution in [0.1, 0.15) is 37.5 Å². The van der Waals surface area contributed by atoms with Gasteiger partial charge < -0.3 is 4.74 Å². The highest BCUT2D eigenvalue weighted by atomic mass is 35.5. The summed E-state index contributed by atoms with van der Waals surface area (Å²) in [7, 11) is 0. The molecule has 42 heavy (non-hydrogen) atoms. The van der Waals surface area contributed by atoms with Gasteiger partial charge in [-0.05, 0) is 90.8 Å². The minimum absolute atomic E-state index is 0.0271. The van der Waals surface area contributed by atoms with Gasteiger partial charge in [-0.1, -0.05) is 42.0 Å². The molecule has 0 radical (unpaired) electrons. The number of carbonyl (C=O) groups excluding carboxylic acids is 5. The van der Waals surface area contributed by atoms with Gasteiger partial charge in [0.15, 0.2) is 5.78 Å². The minimum atomic E-state index is -0.653. The summed E-state index contributed by atoms with van der Waals surface area (Å²) in [5.74, 6) is -2.62. The molecule has 3 aromatic rings. The van der Waals surface area contributed by atoms with E-state index in [1.165, 1.54) is 48.5 Å². The Morgan fingerprint density at radius 1 is 0.762 bits per heavy atom. The second-order valence-electron chi connectivity index (χ2n) is 11.2. The van der Waals surface area contributed by atoms with E-state index >= 15 is 0 Å². The van der Waals surface area contributed by atoms with Crippen molar-refractivity contribution in [1.82, 2.24) is 10.0 Å². The van der Waals surface area contributed by atoms with Crippen molar-refractivity contribution in [3.05, 3.63) is 113 Å². The summed E-state index contributed by atoms with van der Waals surface area (Å²) in [6, 6.07) is 20.5. The molecule has 3 aromatic carbocycles. The first-order valence-electron chi connectivity index (χ1n) is 13.9. The summed E-state index contributed by atoms with van der Waals surface area (Å²) in [5, 5.41) is 2.31. The molecule has 210 valence electrons. The van der Waals surface area contributed by atoms with Crippen molar-refractivity contribution in [1.29, 1.82) is 0 Å². The zero-order valence-electron chi connectivity index (χ0n) is 22.3. The van der Waals surface area contributed by atoms with Crippen LogP contribution in [0.15, 0.2) is 91.0 Å². The van der Waals surface area contributed by atoms with E-state index < -0.39 is 47.9 Å². The average molecular weight is 581 g/mol. The zero-order valence-corrected chi connectivity index (χ0v) is 23.0. The van der Waals surface area contributed by atoms with E-state index in [9.17, 15) is 24.0 Å². The van der Waals surface area contributed by atoms with Gasteiger partial charge in [0.1, 0.15) is 12.3 Å². The molecule has 9 heteroatoms. The molecule has 1 aliphatic heterocycles. The Labute approximate surface area is 246 Å². The van der Waals surface area contributed by atoms with Crippen LogP contribution in [-0.2, 0) is 9.59 Å². The highest BCUT2D eigenvalue weighted by molar-refractivity contribution is 6.30. The lowest BCUT2D eigenvalue weighted by atomic mass is 9.63. The number of rotatable bonds is 7. The summed E-state index contributed by atoms with van der Waals surface area (Å²) in [6.45, 7) is -0.531. The van der Waals surface area contributed by atoms with Crippen LogP contribution in [0.5, 0.6) is 5.75 Å². The fourth-order valence-corrected chi connectivity index (χ4v) is 6.96. The lowest BCUT2D eigenvalue weighted by Crippen LogP contribution is -2.52. The first-order valence-corrected chi connectivity index (χ1v) is 14.2. The molecule has 3 fully saturated rings. The quantitative estimate of drug-likeness (QED) is 0.130. The molecule has 1 heterocycles. The van der Waals surface area contributed by atoms with Crippen LogP contribution < -0.4 is 4.74 Å². The molecule has 0 aromatic heterocycles. The van der Waals surface area contributed by atoms with Gasteiger partial charge in [-0.15, -0.1) is 0 Å². The van der Waals surface area contributed by atoms with Crippen LogP contribution in [0.4, 0.5) is 0 Å². The smallest absolute Gasteiger partial charge is 0.343 e. The van der Waals surface area contributed by atoms with E-state index in [4.69, 9.17) is 16.3 Å². The van der Waals surface area contributed by atoms with Crippen LogP contribution in [0, 0.1) is 35.5 Å². The number of hydrogen-bond acceptors (Lipinski definition) is 6. The second-order valence-corrected chi connectivity index (χ2v) is 11.7. The summed E-state index contributed by atoms with van der Waals surface area (Å²) in [4.78, 5) is 67.3. The summed E-state index contributed by atoms with van der Waals surface area (Å²) < 4.78 is 5.39. The van der Waals surface area contributed by atoms with Gasteiger partial charge in [-0.2, -0.15) is 5.01 Å². The Balaban J connectivity index is 1.14. The molecular formula is C33H25ClN2O6. The molecular weight excluding hydrogens is 556 g/mol. The van der Waals surface area contributed by atoms with Crippen LogP contribution in [0.25, 0.3) is 0 Å². The minimum Gasteiger partial charge on any atom is -0.423 e. The van der Waals surface area contributed by atoms with Gasteiger partial charge in [0.25, 0.3) is 17.7 Å². The highest BCUT2D eigenvalue weighted by Gasteiger charge is 2.68. The molecule has 0 N–H and O–H groups in total. The number of amides is 3. The van der Waals surface area contributed by atoms with Crippen molar-refractivity contribution in [2.24, 2.45) is 35.5 Å². The number of ether oxygens (including phenoxy) is 1. The first kappa shape index (κ1) is 26.3. The summed E-state index contributed by atoms with van der Waals surface area (Å²) >= 11 is 6.02. The molecule has 2 saturated carbocycles. The predicted octanol–water partition coefficient (Wildman–Crippen LogP) is 4.85. The number of imide groups is 1. The number of hydrazine groups is 1. The molecule has 0 unspecified atom stereocenters. The van der Waals surface area contributed by atoms with Crippen LogP contribution in [0.3, 0.4) is 0 Å². The Hall–Kier alpha value is -4.56. The molecule has 1 saturated heterocycles. The number of hydrogen-bond donors (Lipinski definition) is 0. The molecule has 4 aliphatic carbocycles. The average Bonchev–Trinajstić information content (AvgIpc) is 3.79. The third-order valence-electron chi connectivity index (χ3n) is 8.90. The van der Waals surface area contributed by atoms with Crippen molar-refractivity contribution in [3.63, 3.8) is 0 Å². The van der Waals surface area contributed by atoms with E-state index in [1.54, 1.807) is 30.3 Å². The van der Waals surface area contributed by atoms with E-state index in [-0.39, 0.29) is 28.7 Å². The van der Waals surface area contributed by atoms with Crippen molar-refractivity contribution in [3.8, 4) is 5.75 Å². The standard InChI is InChI=1S/C33H25ClN2O6/c34-21-10-6-19(7-11-21)30(38)35(36-31(39)28-23-14-15-24(26-16-25(23)26)29(28)32(36)40)17-27(37)18-8-12-22(13-9-18)42-33(41)20-4-2-1-3-5-20/h1-15,23-26,28-29H,16-17H2/t23-,24-,25-,26-,28+,29+/m0/s1. The largest absolute Gasteiger partial charge is 0.423 e. The molecule has 3 amide bonds. The third-order valence-corrected chi connectivity index (χ3v) is 9.15. The SMILES string of the molecule is O=C(CN(C(=O)c1ccc(Cl)cc1)N1C(=O)[C@@H]2[C@H]3C=C[C@@H]([C@@H]4C[C@@H]34)[C@H]2C1=O)c1ccc(OC(=O)c2ccccc2)cc1. The van der Waals surface area contributed by atoms with Gasteiger partial charge in [-0.25, -0.2) is 9.80 Å². The topological polar surface area (TPSA) is 101 Å². The number of esters is 1. The number of nitrogens with zero attached hydrogens (tertiary/aromatic N) is 2. The van der Waals surface area contributed by atoms with Gasteiger partial charge in [-0.3, -0.25) is 19.2 Å². The maximum absolute atomic E-state index is 13.8. The van der Waals surface area contributed by atoms with Gasteiger partial charge in [0, 0.05) is 16.1 Å². The second kappa shape index (κ2) is 10.1. The maximum atomic E-state index is 13.8. The van der Waals surface area contributed by atoms with E-state index in [0.717, 1.165) is 16.4 Å². The summed E-state index contributed by atoms with van der Waals surface area (Å²) in [5.41, 5.74) is 0.799. The Kier molecular flexibility index (Phi) is 6.31.